The summed E-state index contributed by atoms with van der Waals surface area (Å²) in [6.45, 7) is 1.04. The van der Waals surface area contributed by atoms with Gasteiger partial charge >= 0.3 is 12.1 Å². The molecule has 1 aliphatic rings. The van der Waals surface area contributed by atoms with Gasteiger partial charge < -0.3 is 14.4 Å². The van der Waals surface area contributed by atoms with E-state index in [0.29, 0.717) is 25.4 Å². The second-order valence-corrected chi connectivity index (χ2v) is 5.06. The third-order valence-corrected chi connectivity index (χ3v) is 3.55. The highest BCUT2D eigenvalue weighted by atomic mass is 19.4. The first-order valence-corrected chi connectivity index (χ1v) is 6.90. The van der Waals surface area contributed by atoms with Crippen molar-refractivity contribution in [2.24, 2.45) is 0 Å². The van der Waals surface area contributed by atoms with Crippen LogP contribution in [0.25, 0.3) is 0 Å². The van der Waals surface area contributed by atoms with Gasteiger partial charge in [0.05, 0.1) is 43.1 Å². The molecule has 124 valence electrons. The highest BCUT2D eigenvalue weighted by Crippen LogP contribution is 2.33. The molecule has 1 aromatic rings. The first-order valence-electron chi connectivity index (χ1n) is 6.90. The van der Waals surface area contributed by atoms with E-state index in [9.17, 15) is 18.0 Å². The van der Waals surface area contributed by atoms with Crippen LogP contribution >= 0.6 is 0 Å². The molecule has 1 atom stereocenters. The first-order chi connectivity index (χ1) is 10.8. The number of hydrogen-bond acceptors (Lipinski definition) is 5. The van der Waals surface area contributed by atoms with E-state index < -0.39 is 23.8 Å². The molecule has 0 spiro atoms. The second kappa shape index (κ2) is 6.87. The summed E-state index contributed by atoms with van der Waals surface area (Å²) in [5.41, 5.74) is -0.519. The van der Waals surface area contributed by atoms with Crippen molar-refractivity contribution in [1.29, 1.82) is 5.26 Å². The Morgan fingerprint density at radius 3 is 2.87 bits per heavy atom. The van der Waals surface area contributed by atoms with Gasteiger partial charge in [0.2, 0.25) is 0 Å². The number of nitriles is 1. The molecule has 23 heavy (non-hydrogen) atoms. The van der Waals surface area contributed by atoms with E-state index in [0.717, 1.165) is 12.1 Å². The van der Waals surface area contributed by atoms with E-state index in [-0.39, 0.29) is 12.0 Å². The third-order valence-electron chi connectivity index (χ3n) is 3.55. The number of carbonyl (C=O) groups excluding carboxylic acids is 1. The van der Waals surface area contributed by atoms with Gasteiger partial charge in [-0.3, -0.25) is 4.79 Å². The number of methoxy groups -OCH3 is 1. The lowest BCUT2D eigenvalue weighted by molar-refractivity contribution is -0.144. The summed E-state index contributed by atoms with van der Waals surface area (Å²) in [7, 11) is 1.27. The van der Waals surface area contributed by atoms with Crippen LogP contribution in [0.5, 0.6) is 0 Å². The molecular weight excluding hydrogens is 313 g/mol. The van der Waals surface area contributed by atoms with Crippen molar-refractivity contribution in [3.63, 3.8) is 0 Å². The minimum Gasteiger partial charge on any atom is -0.469 e. The number of anilines is 1. The Morgan fingerprint density at radius 1 is 1.52 bits per heavy atom. The molecule has 0 aromatic heterocycles. The number of alkyl halides is 3. The highest BCUT2D eigenvalue weighted by molar-refractivity contribution is 5.70. The standard InChI is InChI=1S/C15H15F3N2O3/c1-22-14(21)7-12-9-20(4-5-23-12)13-3-2-11(15(16,17)18)6-10(13)8-19/h2-3,6,12H,4-5,7,9H2,1H3/t12-/m0/s1. The van der Waals surface area contributed by atoms with Gasteiger partial charge in [-0.2, -0.15) is 18.4 Å². The number of benzene rings is 1. The zero-order chi connectivity index (χ0) is 17.0. The number of halogens is 3. The van der Waals surface area contributed by atoms with Crippen molar-refractivity contribution in [2.45, 2.75) is 18.7 Å². The molecule has 1 heterocycles. The summed E-state index contributed by atoms with van der Waals surface area (Å²) in [6, 6.07) is 4.86. The molecule has 5 nitrogen and oxygen atoms in total. The van der Waals surface area contributed by atoms with Crippen molar-refractivity contribution in [1.82, 2.24) is 0 Å². The number of rotatable bonds is 3. The minimum atomic E-state index is -4.50. The Kier molecular flexibility index (Phi) is 5.11. The summed E-state index contributed by atoms with van der Waals surface area (Å²) in [6.07, 6.45) is -4.87. The van der Waals surface area contributed by atoms with Crippen LogP contribution in [-0.4, -0.2) is 38.9 Å². The summed E-state index contributed by atoms with van der Waals surface area (Å²) in [5, 5.41) is 9.14. The topological polar surface area (TPSA) is 62.6 Å². The number of carbonyl (C=O) groups is 1. The average molecular weight is 328 g/mol. The first kappa shape index (κ1) is 17.1. The largest absolute Gasteiger partial charge is 0.469 e. The smallest absolute Gasteiger partial charge is 0.416 e. The van der Waals surface area contributed by atoms with Crippen LogP contribution in [0.15, 0.2) is 18.2 Å². The Bertz CT molecular complexity index is 625. The molecule has 1 aliphatic heterocycles. The monoisotopic (exact) mass is 328 g/mol. The SMILES string of the molecule is COC(=O)C[C@H]1CN(c2ccc(C(F)(F)F)cc2C#N)CCO1. The normalized spacial score (nSPS) is 18.4. The van der Waals surface area contributed by atoms with E-state index >= 15 is 0 Å². The maximum Gasteiger partial charge on any atom is 0.416 e. The average Bonchev–Trinajstić information content (AvgIpc) is 2.53. The molecule has 0 aliphatic carbocycles. The second-order valence-electron chi connectivity index (χ2n) is 5.06. The van der Waals surface area contributed by atoms with Crippen molar-refractivity contribution < 1.29 is 27.4 Å². The Morgan fingerprint density at radius 2 is 2.26 bits per heavy atom. The molecule has 8 heteroatoms. The molecular formula is C15H15F3N2O3. The van der Waals surface area contributed by atoms with Crippen molar-refractivity contribution in [3.05, 3.63) is 29.3 Å². The molecule has 0 amide bonds. The van der Waals surface area contributed by atoms with Gasteiger partial charge in [0.1, 0.15) is 6.07 Å². The van der Waals surface area contributed by atoms with Crippen molar-refractivity contribution in [2.75, 3.05) is 31.7 Å². The van der Waals surface area contributed by atoms with E-state index in [1.165, 1.54) is 13.2 Å². The lowest BCUT2D eigenvalue weighted by atomic mass is 10.1. The lowest BCUT2D eigenvalue weighted by Crippen LogP contribution is -2.43. The molecule has 0 radical (unpaired) electrons. The summed E-state index contributed by atoms with van der Waals surface area (Å²) < 4.78 is 48.2. The Hall–Kier alpha value is -2.27. The predicted octanol–water partition coefficient (Wildman–Crippen LogP) is 2.35. The Labute approximate surface area is 131 Å². The van der Waals surface area contributed by atoms with E-state index in [4.69, 9.17) is 10.00 Å². The lowest BCUT2D eigenvalue weighted by Gasteiger charge is -2.34. The number of esters is 1. The van der Waals surface area contributed by atoms with Crippen LogP contribution in [0, 0.1) is 11.3 Å². The molecule has 0 unspecified atom stereocenters. The summed E-state index contributed by atoms with van der Waals surface area (Å²) in [5.74, 6) is -0.426. The van der Waals surface area contributed by atoms with Crippen molar-refractivity contribution in [3.8, 4) is 6.07 Å². The van der Waals surface area contributed by atoms with E-state index in [1.54, 1.807) is 11.0 Å². The van der Waals surface area contributed by atoms with E-state index in [1.807, 2.05) is 0 Å². The van der Waals surface area contributed by atoms with Gasteiger partial charge in [-0.25, -0.2) is 0 Å². The van der Waals surface area contributed by atoms with Crippen LogP contribution in [0.2, 0.25) is 0 Å². The van der Waals surface area contributed by atoms with Crippen LogP contribution in [0.1, 0.15) is 17.5 Å². The van der Waals surface area contributed by atoms with Gasteiger partial charge in [0, 0.05) is 13.1 Å². The van der Waals surface area contributed by atoms with Crippen molar-refractivity contribution >= 4 is 11.7 Å². The van der Waals surface area contributed by atoms with Gasteiger partial charge in [-0.05, 0) is 18.2 Å². The molecule has 0 N–H and O–H groups in total. The molecule has 1 saturated heterocycles. The molecule has 0 saturated carbocycles. The fourth-order valence-corrected chi connectivity index (χ4v) is 2.41. The zero-order valence-corrected chi connectivity index (χ0v) is 12.4. The van der Waals surface area contributed by atoms with Gasteiger partial charge in [-0.1, -0.05) is 0 Å². The zero-order valence-electron chi connectivity index (χ0n) is 12.4. The molecule has 1 aromatic carbocycles. The maximum absolute atomic E-state index is 12.7. The fraction of sp³-hybridized carbons (Fsp3) is 0.467. The van der Waals surface area contributed by atoms with Crippen LogP contribution in [0.4, 0.5) is 18.9 Å². The number of nitrogens with zero attached hydrogens (tertiary/aromatic N) is 2. The summed E-state index contributed by atoms with van der Waals surface area (Å²) in [4.78, 5) is 13.0. The maximum atomic E-state index is 12.7. The van der Waals surface area contributed by atoms with Gasteiger partial charge in [-0.15, -0.1) is 0 Å². The highest BCUT2D eigenvalue weighted by Gasteiger charge is 2.32. The third kappa shape index (κ3) is 4.13. The summed E-state index contributed by atoms with van der Waals surface area (Å²) >= 11 is 0. The van der Waals surface area contributed by atoms with E-state index in [2.05, 4.69) is 4.74 Å². The van der Waals surface area contributed by atoms with Crippen LogP contribution in [-0.2, 0) is 20.4 Å². The number of hydrogen-bond donors (Lipinski definition) is 0. The number of morpholine rings is 1. The van der Waals surface area contributed by atoms with Gasteiger partial charge in [0.15, 0.2) is 0 Å². The minimum absolute atomic E-state index is 0.0511. The van der Waals surface area contributed by atoms with Crippen LogP contribution in [0.3, 0.4) is 0 Å². The molecule has 2 rings (SSSR count). The van der Waals surface area contributed by atoms with Crippen LogP contribution < -0.4 is 4.90 Å². The van der Waals surface area contributed by atoms with Gasteiger partial charge in [0.25, 0.3) is 0 Å². The number of ether oxygens (including phenoxy) is 2. The molecule has 0 bridgehead atoms. The predicted molar refractivity (Wildman–Crippen MR) is 74.7 cm³/mol. The quantitative estimate of drug-likeness (QED) is 0.797. The Balaban J connectivity index is 2.21. The molecule has 1 fully saturated rings. The fourth-order valence-electron chi connectivity index (χ4n) is 2.41.